The number of anilines is 1. The van der Waals surface area contributed by atoms with Crippen molar-refractivity contribution in [1.82, 2.24) is 9.97 Å². The van der Waals surface area contributed by atoms with Crippen LogP contribution in [0.3, 0.4) is 0 Å². The number of aromatic nitrogens is 2. The van der Waals surface area contributed by atoms with Crippen LogP contribution in [0.4, 0.5) is 5.82 Å². The van der Waals surface area contributed by atoms with Gasteiger partial charge in [-0.05, 0) is 35.6 Å². The summed E-state index contributed by atoms with van der Waals surface area (Å²) in [7, 11) is 0. The first-order chi connectivity index (χ1) is 11.7. The number of carbonyl (C=O) groups is 1. The second kappa shape index (κ2) is 7.21. The molecule has 2 aromatic carbocycles. The lowest BCUT2D eigenvalue weighted by Gasteiger charge is -2.11. The number of benzene rings is 2. The SMILES string of the molecule is CC(C)CCNc1ncnc2ccc(-c3ccc(C=O)cc3)cc12. The fraction of sp³-hybridized carbons (Fsp3) is 0.250. The Labute approximate surface area is 142 Å². The van der Waals surface area contributed by atoms with Crippen LogP contribution in [0.1, 0.15) is 30.6 Å². The van der Waals surface area contributed by atoms with Gasteiger partial charge in [-0.25, -0.2) is 9.97 Å². The highest BCUT2D eigenvalue weighted by molar-refractivity contribution is 5.92. The van der Waals surface area contributed by atoms with Gasteiger partial charge in [-0.2, -0.15) is 0 Å². The molecule has 0 aliphatic heterocycles. The maximum Gasteiger partial charge on any atom is 0.150 e. The van der Waals surface area contributed by atoms with Crippen molar-refractivity contribution in [2.24, 2.45) is 5.92 Å². The molecule has 3 rings (SSSR count). The smallest absolute Gasteiger partial charge is 0.150 e. The number of aldehydes is 1. The third-order valence-corrected chi connectivity index (χ3v) is 4.03. The molecule has 0 aliphatic carbocycles. The molecule has 1 N–H and O–H groups in total. The molecule has 1 aromatic heterocycles. The number of fused-ring (bicyclic) bond motifs is 1. The maximum atomic E-state index is 10.8. The molecule has 0 unspecified atom stereocenters. The summed E-state index contributed by atoms with van der Waals surface area (Å²) in [5.41, 5.74) is 3.75. The number of nitrogens with one attached hydrogen (secondary N) is 1. The van der Waals surface area contributed by atoms with Crippen molar-refractivity contribution in [3.05, 3.63) is 54.4 Å². The van der Waals surface area contributed by atoms with Crippen LogP contribution in [0.15, 0.2) is 48.8 Å². The van der Waals surface area contributed by atoms with Gasteiger partial charge >= 0.3 is 0 Å². The predicted octanol–water partition coefficient (Wildman–Crippen LogP) is 4.57. The molecule has 0 atom stereocenters. The topological polar surface area (TPSA) is 54.9 Å². The molecule has 0 radical (unpaired) electrons. The van der Waals surface area contributed by atoms with Gasteiger partial charge in [-0.3, -0.25) is 4.79 Å². The molecule has 0 saturated heterocycles. The molecular weight excluding hydrogens is 298 g/mol. The Morgan fingerprint density at radius 1 is 1.04 bits per heavy atom. The van der Waals surface area contributed by atoms with Gasteiger partial charge in [-0.15, -0.1) is 0 Å². The summed E-state index contributed by atoms with van der Waals surface area (Å²) in [5, 5.41) is 4.43. The summed E-state index contributed by atoms with van der Waals surface area (Å²) >= 11 is 0. The van der Waals surface area contributed by atoms with Crippen molar-refractivity contribution in [3.8, 4) is 11.1 Å². The number of nitrogens with zero attached hydrogens (tertiary/aromatic N) is 2. The Kier molecular flexibility index (Phi) is 4.85. The Bertz CT molecular complexity index is 841. The first-order valence-corrected chi connectivity index (χ1v) is 8.21. The van der Waals surface area contributed by atoms with Crippen molar-refractivity contribution in [1.29, 1.82) is 0 Å². The van der Waals surface area contributed by atoms with E-state index < -0.39 is 0 Å². The Morgan fingerprint density at radius 2 is 1.79 bits per heavy atom. The van der Waals surface area contributed by atoms with E-state index in [9.17, 15) is 4.79 Å². The first-order valence-electron chi connectivity index (χ1n) is 8.21. The summed E-state index contributed by atoms with van der Waals surface area (Å²) in [6.45, 7) is 5.31. The van der Waals surface area contributed by atoms with Gasteiger partial charge in [0.2, 0.25) is 0 Å². The quantitative estimate of drug-likeness (QED) is 0.676. The standard InChI is InChI=1S/C20H21N3O/c1-14(2)9-10-21-20-18-11-17(7-8-19(18)22-13-23-20)16-5-3-15(12-24)4-6-16/h3-8,11-14H,9-10H2,1-2H3,(H,21,22,23). The first kappa shape index (κ1) is 16.1. The fourth-order valence-corrected chi connectivity index (χ4v) is 2.61. The van der Waals surface area contributed by atoms with Gasteiger partial charge in [-0.1, -0.05) is 44.2 Å². The molecule has 4 nitrogen and oxygen atoms in total. The molecule has 122 valence electrons. The van der Waals surface area contributed by atoms with E-state index in [-0.39, 0.29) is 0 Å². The second-order valence-corrected chi connectivity index (χ2v) is 6.30. The van der Waals surface area contributed by atoms with Crippen LogP contribution in [0.25, 0.3) is 22.0 Å². The Hall–Kier alpha value is -2.75. The van der Waals surface area contributed by atoms with Crippen molar-refractivity contribution in [2.75, 3.05) is 11.9 Å². The van der Waals surface area contributed by atoms with E-state index in [1.165, 1.54) is 0 Å². The average molecular weight is 319 g/mol. The predicted molar refractivity (Wildman–Crippen MR) is 98.3 cm³/mol. The van der Waals surface area contributed by atoms with Crippen molar-refractivity contribution in [2.45, 2.75) is 20.3 Å². The minimum absolute atomic E-state index is 0.650. The zero-order valence-electron chi connectivity index (χ0n) is 14.0. The van der Waals surface area contributed by atoms with Crippen LogP contribution in [0.2, 0.25) is 0 Å². The number of carbonyl (C=O) groups excluding carboxylic acids is 1. The van der Waals surface area contributed by atoms with E-state index in [4.69, 9.17) is 0 Å². The summed E-state index contributed by atoms with van der Waals surface area (Å²) in [5.74, 6) is 1.52. The van der Waals surface area contributed by atoms with E-state index in [0.717, 1.165) is 47.1 Å². The molecule has 3 aromatic rings. The van der Waals surface area contributed by atoms with Crippen molar-refractivity contribution >= 4 is 23.0 Å². The third-order valence-electron chi connectivity index (χ3n) is 4.03. The molecule has 0 spiro atoms. The van der Waals surface area contributed by atoms with Gasteiger partial charge in [0.25, 0.3) is 0 Å². The van der Waals surface area contributed by atoms with Crippen LogP contribution in [-0.2, 0) is 0 Å². The third kappa shape index (κ3) is 3.59. The van der Waals surface area contributed by atoms with Crippen LogP contribution in [-0.4, -0.2) is 22.8 Å². The van der Waals surface area contributed by atoms with Gasteiger partial charge in [0.05, 0.1) is 5.52 Å². The molecule has 0 saturated carbocycles. The molecule has 24 heavy (non-hydrogen) atoms. The zero-order valence-corrected chi connectivity index (χ0v) is 14.0. The van der Waals surface area contributed by atoms with Gasteiger partial charge in [0, 0.05) is 17.5 Å². The number of hydrogen-bond acceptors (Lipinski definition) is 4. The molecule has 0 amide bonds. The number of hydrogen-bond donors (Lipinski definition) is 1. The van der Waals surface area contributed by atoms with E-state index in [2.05, 4.69) is 35.2 Å². The molecule has 0 fully saturated rings. The lowest BCUT2D eigenvalue weighted by molar-refractivity contribution is 0.112. The summed E-state index contributed by atoms with van der Waals surface area (Å²) < 4.78 is 0. The summed E-state index contributed by atoms with van der Waals surface area (Å²) in [6, 6.07) is 13.7. The maximum absolute atomic E-state index is 10.8. The van der Waals surface area contributed by atoms with Crippen LogP contribution in [0.5, 0.6) is 0 Å². The molecule has 4 heteroatoms. The summed E-state index contributed by atoms with van der Waals surface area (Å²) in [6.07, 6.45) is 3.55. The van der Waals surface area contributed by atoms with E-state index >= 15 is 0 Å². The largest absolute Gasteiger partial charge is 0.369 e. The minimum atomic E-state index is 0.650. The summed E-state index contributed by atoms with van der Waals surface area (Å²) in [4.78, 5) is 19.5. The molecule has 1 heterocycles. The minimum Gasteiger partial charge on any atom is -0.369 e. The molecular formula is C20H21N3O. The van der Waals surface area contributed by atoms with Crippen LogP contribution < -0.4 is 5.32 Å². The van der Waals surface area contributed by atoms with Crippen molar-refractivity contribution < 1.29 is 4.79 Å². The van der Waals surface area contributed by atoms with Gasteiger partial charge in [0.1, 0.15) is 18.4 Å². The highest BCUT2D eigenvalue weighted by atomic mass is 16.1. The fourth-order valence-electron chi connectivity index (χ4n) is 2.61. The van der Waals surface area contributed by atoms with E-state index in [0.29, 0.717) is 11.5 Å². The van der Waals surface area contributed by atoms with Crippen LogP contribution in [0, 0.1) is 5.92 Å². The highest BCUT2D eigenvalue weighted by Crippen LogP contribution is 2.27. The van der Waals surface area contributed by atoms with E-state index in [1.807, 2.05) is 36.4 Å². The Balaban J connectivity index is 1.94. The average Bonchev–Trinajstić information content (AvgIpc) is 2.61. The van der Waals surface area contributed by atoms with Gasteiger partial charge < -0.3 is 5.32 Å². The van der Waals surface area contributed by atoms with Crippen molar-refractivity contribution in [3.63, 3.8) is 0 Å². The lowest BCUT2D eigenvalue weighted by Crippen LogP contribution is -2.06. The van der Waals surface area contributed by atoms with Gasteiger partial charge in [0.15, 0.2) is 0 Å². The number of rotatable bonds is 6. The molecule has 0 bridgehead atoms. The lowest BCUT2D eigenvalue weighted by atomic mass is 10.0. The normalized spacial score (nSPS) is 11.0. The molecule has 0 aliphatic rings. The highest BCUT2D eigenvalue weighted by Gasteiger charge is 2.06. The van der Waals surface area contributed by atoms with Crippen LogP contribution >= 0.6 is 0 Å². The zero-order chi connectivity index (χ0) is 16.9. The van der Waals surface area contributed by atoms with E-state index in [1.54, 1.807) is 6.33 Å². The Morgan fingerprint density at radius 3 is 2.50 bits per heavy atom. The monoisotopic (exact) mass is 319 g/mol. The second-order valence-electron chi connectivity index (χ2n) is 6.30.